The second kappa shape index (κ2) is 9.45. The molecule has 4 unspecified atom stereocenters. The summed E-state index contributed by atoms with van der Waals surface area (Å²) in [4.78, 5) is 19.1. The fraction of sp³-hybridized carbons (Fsp3) is 0.824. The number of carbonyl (C=O) groups is 1. The maximum atomic E-state index is 13.0. The minimum absolute atomic E-state index is 0.0709. The SMILES string of the molecule is CN1CC(Cl)=C=NC1C(C(=O)NC1CNCCC1O[C@H]1CCOC1)C(N)N. The first kappa shape index (κ1) is 20.7. The molecule has 0 aromatic heterocycles. The Kier molecular flexibility index (Phi) is 7.24. The van der Waals surface area contributed by atoms with Gasteiger partial charge < -0.3 is 31.6 Å². The van der Waals surface area contributed by atoms with Gasteiger partial charge in [0.15, 0.2) is 0 Å². The summed E-state index contributed by atoms with van der Waals surface area (Å²) in [6, 6.07) is -0.162. The van der Waals surface area contributed by atoms with Crippen molar-refractivity contribution in [2.24, 2.45) is 22.4 Å². The maximum absolute atomic E-state index is 13.0. The molecule has 5 atom stereocenters. The summed E-state index contributed by atoms with van der Waals surface area (Å²) in [6.45, 7) is 3.26. The first-order valence-corrected chi connectivity index (χ1v) is 9.76. The maximum Gasteiger partial charge on any atom is 0.229 e. The number of halogens is 1. The minimum Gasteiger partial charge on any atom is -0.379 e. The zero-order chi connectivity index (χ0) is 19.4. The molecule has 0 aromatic carbocycles. The van der Waals surface area contributed by atoms with Crippen LogP contribution in [-0.4, -0.2) is 87.2 Å². The van der Waals surface area contributed by atoms with Crippen LogP contribution in [0.3, 0.4) is 0 Å². The number of nitrogens with zero attached hydrogens (tertiary/aromatic N) is 2. The van der Waals surface area contributed by atoms with Gasteiger partial charge in [-0.3, -0.25) is 9.69 Å². The lowest BCUT2D eigenvalue weighted by Gasteiger charge is -2.37. The fourth-order valence-electron chi connectivity index (χ4n) is 3.73. The van der Waals surface area contributed by atoms with Gasteiger partial charge in [0, 0.05) is 25.6 Å². The molecule has 6 N–H and O–H groups in total. The molecule has 0 aliphatic carbocycles. The monoisotopic (exact) mass is 400 g/mol. The Morgan fingerprint density at radius 1 is 1.52 bits per heavy atom. The zero-order valence-electron chi connectivity index (χ0n) is 15.6. The molecule has 3 aliphatic rings. The van der Waals surface area contributed by atoms with Crippen LogP contribution in [0.1, 0.15) is 12.8 Å². The number of likely N-dealkylation sites (N-methyl/N-ethyl adjacent to an activating group) is 1. The number of nitrogens with two attached hydrogens (primary N) is 2. The number of rotatable bonds is 6. The van der Waals surface area contributed by atoms with Gasteiger partial charge in [-0.1, -0.05) is 11.6 Å². The van der Waals surface area contributed by atoms with E-state index < -0.39 is 18.2 Å². The second-order valence-electron chi connectivity index (χ2n) is 7.35. The first-order chi connectivity index (χ1) is 13.0. The van der Waals surface area contributed by atoms with E-state index in [0.29, 0.717) is 24.7 Å². The molecule has 10 heteroatoms. The minimum atomic E-state index is -0.862. The molecule has 152 valence electrons. The smallest absolute Gasteiger partial charge is 0.229 e. The number of ether oxygens (including phenoxy) is 2. The van der Waals surface area contributed by atoms with E-state index in [1.54, 1.807) is 0 Å². The number of piperidine rings is 1. The number of aliphatic imine (C=N–C) groups is 1. The lowest BCUT2D eigenvalue weighted by molar-refractivity contribution is -0.131. The fourth-order valence-corrected chi connectivity index (χ4v) is 3.97. The number of carbonyl (C=O) groups excluding carboxylic acids is 1. The summed E-state index contributed by atoms with van der Waals surface area (Å²) in [6.07, 6.45) is 0.349. The van der Waals surface area contributed by atoms with E-state index in [-0.39, 0.29) is 24.2 Å². The highest BCUT2D eigenvalue weighted by atomic mass is 35.5. The van der Waals surface area contributed by atoms with E-state index in [1.807, 2.05) is 11.9 Å². The van der Waals surface area contributed by atoms with Crippen molar-refractivity contribution >= 4 is 23.4 Å². The van der Waals surface area contributed by atoms with Crippen LogP contribution < -0.4 is 22.1 Å². The Bertz CT molecular complexity index is 591. The quantitative estimate of drug-likeness (QED) is 0.402. The molecule has 0 radical (unpaired) electrons. The Hall–Kier alpha value is -1.03. The van der Waals surface area contributed by atoms with E-state index in [4.69, 9.17) is 32.5 Å². The van der Waals surface area contributed by atoms with Gasteiger partial charge in [-0.25, -0.2) is 4.99 Å². The summed E-state index contributed by atoms with van der Waals surface area (Å²) in [7, 11) is 1.83. The van der Waals surface area contributed by atoms with Gasteiger partial charge in [-0.05, 0) is 26.4 Å². The molecule has 2 fully saturated rings. The van der Waals surface area contributed by atoms with Crippen molar-refractivity contribution in [2.45, 2.75) is 43.4 Å². The van der Waals surface area contributed by atoms with Crippen LogP contribution in [0.2, 0.25) is 0 Å². The lowest BCUT2D eigenvalue weighted by atomic mass is 9.97. The van der Waals surface area contributed by atoms with E-state index in [9.17, 15) is 4.79 Å². The number of amides is 1. The number of nitrogens with one attached hydrogen (secondary N) is 2. The third-order valence-electron chi connectivity index (χ3n) is 5.20. The van der Waals surface area contributed by atoms with Gasteiger partial charge in [0.1, 0.15) is 12.1 Å². The molecule has 9 nitrogen and oxygen atoms in total. The van der Waals surface area contributed by atoms with Crippen molar-refractivity contribution in [3.05, 3.63) is 5.03 Å². The highest BCUT2D eigenvalue weighted by Gasteiger charge is 2.38. The van der Waals surface area contributed by atoms with Crippen LogP contribution in [0.25, 0.3) is 0 Å². The van der Waals surface area contributed by atoms with Crippen LogP contribution in [-0.2, 0) is 14.3 Å². The van der Waals surface area contributed by atoms with Gasteiger partial charge in [0.2, 0.25) is 5.91 Å². The average molecular weight is 401 g/mol. The van der Waals surface area contributed by atoms with Crippen LogP contribution in [0, 0.1) is 5.92 Å². The van der Waals surface area contributed by atoms with E-state index in [2.05, 4.69) is 21.5 Å². The molecular formula is C17H29ClN6O3. The van der Waals surface area contributed by atoms with E-state index in [1.165, 1.54) is 0 Å². The molecule has 3 aliphatic heterocycles. The molecule has 3 heterocycles. The van der Waals surface area contributed by atoms with E-state index in [0.717, 1.165) is 26.0 Å². The Labute approximate surface area is 164 Å². The normalized spacial score (nSPS) is 33.1. The third-order valence-corrected chi connectivity index (χ3v) is 5.40. The summed E-state index contributed by atoms with van der Waals surface area (Å²) in [5.74, 6) is 1.78. The zero-order valence-corrected chi connectivity index (χ0v) is 16.3. The Morgan fingerprint density at radius 2 is 2.33 bits per heavy atom. The summed E-state index contributed by atoms with van der Waals surface area (Å²) in [5.41, 5.74) is 11.9. The number of hydrogen-bond donors (Lipinski definition) is 4. The van der Waals surface area contributed by atoms with Crippen LogP contribution >= 0.6 is 11.6 Å². The summed E-state index contributed by atoms with van der Waals surface area (Å²) >= 11 is 5.97. The third kappa shape index (κ3) is 5.28. The number of hydrogen-bond acceptors (Lipinski definition) is 8. The van der Waals surface area contributed by atoms with Gasteiger partial charge in [-0.2, -0.15) is 0 Å². The predicted octanol–water partition coefficient (Wildman–Crippen LogP) is -1.44. The van der Waals surface area contributed by atoms with Crippen molar-refractivity contribution < 1.29 is 14.3 Å². The topological polar surface area (TPSA) is 127 Å². The van der Waals surface area contributed by atoms with Crippen LogP contribution in [0.15, 0.2) is 10.0 Å². The molecule has 0 aromatic rings. The van der Waals surface area contributed by atoms with Crippen molar-refractivity contribution in [2.75, 3.05) is 39.9 Å². The summed E-state index contributed by atoms with van der Waals surface area (Å²) < 4.78 is 11.6. The molecule has 2 saturated heterocycles. The molecular weight excluding hydrogens is 372 g/mol. The average Bonchev–Trinajstić information content (AvgIpc) is 3.12. The molecule has 0 bridgehead atoms. The van der Waals surface area contributed by atoms with Gasteiger partial charge >= 0.3 is 0 Å². The molecule has 0 spiro atoms. The van der Waals surface area contributed by atoms with Crippen molar-refractivity contribution in [3.8, 4) is 0 Å². The lowest BCUT2D eigenvalue weighted by Crippen LogP contribution is -2.61. The highest BCUT2D eigenvalue weighted by Crippen LogP contribution is 2.20. The predicted molar refractivity (Wildman–Crippen MR) is 102 cm³/mol. The van der Waals surface area contributed by atoms with Gasteiger partial charge in [0.25, 0.3) is 0 Å². The van der Waals surface area contributed by atoms with Crippen molar-refractivity contribution in [1.29, 1.82) is 0 Å². The molecule has 3 rings (SSSR count). The Morgan fingerprint density at radius 3 is 3.00 bits per heavy atom. The molecule has 27 heavy (non-hydrogen) atoms. The molecule has 1 amide bonds. The highest BCUT2D eigenvalue weighted by molar-refractivity contribution is 6.33. The molecule has 0 saturated carbocycles. The van der Waals surface area contributed by atoms with E-state index >= 15 is 0 Å². The van der Waals surface area contributed by atoms with Crippen LogP contribution in [0.4, 0.5) is 0 Å². The Balaban J connectivity index is 1.67. The second-order valence-corrected chi connectivity index (χ2v) is 7.80. The standard InChI is InChI=1S/C17H29ClN6O3/c1-24-8-10(18)6-22-16(24)14(15(19)20)17(25)23-12-7-21-4-2-13(12)27-11-3-5-26-9-11/h11-16,21H,2-5,7-9,19-20H2,1H3,(H,23,25)/t11-,12?,13?,14?,16?/m0/s1. The van der Waals surface area contributed by atoms with Crippen LogP contribution in [0.5, 0.6) is 0 Å². The first-order valence-electron chi connectivity index (χ1n) is 9.38. The summed E-state index contributed by atoms with van der Waals surface area (Å²) in [5, 5.41) is 6.86. The van der Waals surface area contributed by atoms with Crippen molar-refractivity contribution in [3.63, 3.8) is 0 Å². The van der Waals surface area contributed by atoms with Gasteiger partial charge in [0.05, 0.1) is 36.1 Å². The largest absolute Gasteiger partial charge is 0.379 e. The van der Waals surface area contributed by atoms with Gasteiger partial charge in [-0.15, -0.1) is 0 Å². The van der Waals surface area contributed by atoms with Crippen molar-refractivity contribution in [1.82, 2.24) is 15.5 Å².